The number of rotatable bonds is 7. The lowest BCUT2D eigenvalue weighted by Crippen LogP contribution is -2.36. The van der Waals surface area contributed by atoms with Gasteiger partial charge in [0, 0.05) is 25.6 Å². The lowest BCUT2D eigenvalue weighted by molar-refractivity contribution is -0.130. The van der Waals surface area contributed by atoms with E-state index in [1.165, 1.54) is 12.8 Å². The van der Waals surface area contributed by atoms with Crippen molar-refractivity contribution in [2.75, 3.05) is 6.54 Å². The lowest BCUT2D eigenvalue weighted by Gasteiger charge is -2.23. The van der Waals surface area contributed by atoms with Crippen molar-refractivity contribution in [1.82, 2.24) is 10.2 Å². The molecule has 1 N–H and O–H groups in total. The van der Waals surface area contributed by atoms with E-state index in [9.17, 15) is 9.59 Å². The Labute approximate surface area is 156 Å². The van der Waals surface area contributed by atoms with Gasteiger partial charge in [0.25, 0.3) is 0 Å². The van der Waals surface area contributed by atoms with E-state index in [-0.39, 0.29) is 23.8 Å². The van der Waals surface area contributed by atoms with Crippen molar-refractivity contribution in [2.24, 2.45) is 5.92 Å². The van der Waals surface area contributed by atoms with Crippen LogP contribution in [0.3, 0.4) is 0 Å². The van der Waals surface area contributed by atoms with Crippen LogP contribution in [-0.2, 0) is 27.5 Å². The molecule has 1 heterocycles. The predicted octanol–water partition coefficient (Wildman–Crippen LogP) is 3.02. The SMILES string of the molecule is CC(C)OCc1cccc(CNC(=O)C2CC(=O)N(C3CCCC3)C2)c1. The molecule has 1 aliphatic carbocycles. The summed E-state index contributed by atoms with van der Waals surface area (Å²) < 4.78 is 5.63. The van der Waals surface area contributed by atoms with Gasteiger partial charge in [0.15, 0.2) is 0 Å². The molecule has 3 rings (SSSR count). The molecule has 1 unspecified atom stereocenters. The standard InChI is InChI=1S/C21H30N2O3/c1-15(2)26-14-17-7-5-6-16(10-17)12-22-21(25)18-11-20(24)23(13-18)19-8-3-4-9-19/h5-7,10,15,18-19H,3-4,8-9,11-14H2,1-2H3,(H,22,25). The summed E-state index contributed by atoms with van der Waals surface area (Å²) in [4.78, 5) is 26.7. The molecule has 1 aliphatic heterocycles. The van der Waals surface area contributed by atoms with E-state index in [4.69, 9.17) is 4.74 Å². The molecule has 1 atom stereocenters. The zero-order valence-corrected chi connectivity index (χ0v) is 15.9. The molecule has 1 saturated carbocycles. The average Bonchev–Trinajstić information content (AvgIpc) is 3.27. The predicted molar refractivity (Wildman–Crippen MR) is 100 cm³/mol. The molecule has 1 saturated heterocycles. The van der Waals surface area contributed by atoms with E-state index in [0.717, 1.165) is 24.0 Å². The van der Waals surface area contributed by atoms with Crippen molar-refractivity contribution < 1.29 is 14.3 Å². The molecule has 5 nitrogen and oxygen atoms in total. The van der Waals surface area contributed by atoms with Gasteiger partial charge in [-0.25, -0.2) is 0 Å². The van der Waals surface area contributed by atoms with Crippen molar-refractivity contribution in [3.05, 3.63) is 35.4 Å². The van der Waals surface area contributed by atoms with Gasteiger partial charge < -0.3 is 15.0 Å². The largest absolute Gasteiger partial charge is 0.374 e. The second-order valence-corrected chi connectivity index (χ2v) is 7.78. The summed E-state index contributed by atoms with van der Waals surface area (Å²) in [6.07, 6.45) is 5.12. The van der Waals surface area contributed by atoms with Gasteiger partial charge in [0.05, 0.1) is 18.6 Å². The topological polar surface area (TPSA) is 58.6 Å². The number of ether oxygens (including phenoxy) is 1. The highest BCUT2D eigenvalue weighted by atomic mass is 16.5. The summed E-state index contributed by atoms with van der Waals surface area (Å²) in [5.41, 5.74) is 2.16. The number of hydrogen-bond acceptors (Lipinski definition) is 3. The van der Waals surface area contributed by atoms with Crippen LogP contribution in [-0.4, -0.2) is 35.4 Å². The minimum absolute atomic E-state index is 0.0114. The third-order valence-corrected chi connectivity index (χ3v) is 5.34. The molecule has 0 bridgehead atoms. The first kappa shape index (κ1) is 18.9. The van der Waals surface area contributed by atoms with Gasteiger partial charge in [-0.15, -0.1) is 0 Å². The Morgan fingerprint density at radius 1 is 1.27 bits per heavy atom. The molecule has 2 fully saturated rings. The number of nitrogens with one attached hydrogen (secondary N) is 1. The van der Waals surface area contributed by atoms with Gasteiger partial charge in [-0.3, -0.25) is 9.59 Å². The normalized spacial score (nSPS) is 21.0. The van der Waals surface area contributed by atoms with E-state index < -0.39 is 0 Å². The smallest absolute Gasteiger partial charge is 0.225 e. The van der Waals surface area contributed by atoms with Crippen LogP contribution in [0.25, 0.3) is 0 Å². The highest BCUT2D eigenvalue weighted by Crippen LogP contribution is 2.29. The number of benzene rings is 1. The first-order valence-corrected chi connectivity index (χ1v) is 9.79. The highest BCUT2D eigenvalue weighted by Gasteiger charge is 2.38. The molecule has 2 amide bonds. The zero-order valence-electron chi connectivity index (χ0n) is 15.9. The zero-order chi connectivity index (χ0) is 18.5. The van der Waals surface area contributed by atoms with Gasteiger partial charge in [0.2, 0.25) is 11.8 Å². The number of carbonyl (C=O) groups excluding carboxylic acids is 2. The number of hydrogen-bond donors (Lipinski definition) is 1. The Morgan fingerprint density at radius 3 is 2.73 bits per heavy atom. The summed E-state index contributed by atoms with van der Waals surface area (Å²) >= 11 is 0. The maximum atomic E-state index is 12.5. The number of amides is 2. The monoisotopic (exact) mass is 358 g/mol. The van der Waals surface area contributed by atoms with Crippen LogP contribution in [0.5, 0.6) is 0 Å². The molecule has 0 radical (unpaired) electrons. The third kappa shape index (κ3) is 4.85. The molecule has 0 aromatic heterocycles. The number of likely N-dealkylation sites (tertiary alicyclic amines) is 1. The molecule has 2 aliphatic rings. The number of nitrogens with zero attached hydrogens (tertiary/aromatic N) is 1. The van der Waals surface area contributed by atoms with E-state index in [2.05, 4.69) is 11.4 Å². The Morgan fingerprint density at radius 2 is 2.00 bits per heavy atom. The molecule has 1 aromatic rings. The first-order valence-electron chi connectivity index (χ1n) is 9.79. The number of carbonyl (C=O) groups is 2. The van der Waals surface area contributed by atoms with Crippen LogP contribution in [0.4, 0.5) is 0 Å². The minimum Gasteiger partial charge on any atom is -0.374 e. The average molecular weight is 358 g/mol. The van der Waals surface area contributed by atoms with E-state index >= 15 is 0 Å². The van der Waals surface area contributed by atoms with Crippen LogP contribution >= 0.6 is 0 Å². The van der Waals surface area contributed by atoms with Crippen molar-refractivity contribution in [1.29, 1.82) is 0 Å². The summed E-state index contributed by atoms with van der Waals surface area (Å²) in [5.74, 6) is -0.0804. The molecule has 1 aromatic carbocycles. The summed E-state index contributed by atoms with van der Waals surface area (Å²) in [7, 11) is 0. The molecular formula is C21H30N2O3. The molecule has 5 heteroatoms. The second-order valence-electron chi connectivity index (χ2n) is 7.78. The van der Waals surface area contributed by atoms with Crippen LogP contribution in [0.2, 0.25) is 0 Å². The maximum Gasteiger partial charge on any atom is 0.225 e. The first-order chi connectivity index (χ1) is 12.5. The van der Waals surface area contributed by atoms with Crippen molar-refractivity contribution in [2.45, 2.75) is 71.2 Å². The lowest BCUT2D eigenvalue weighted by atomic mass is 10.1. The minimum atomic E-state index is -0.212. The van der Waals surface area contributed by atoms with Crippen LogP contribution in [0, 0.1) is 5.92 Å². The summed E-state index contributed by atoms with van der Waals surface area (Å²) in [6.45, 7) is 5.68. The van der Waals surface area contributed by atoms with Crippen molar-refractivity contribution in [3.8, 4) is 0 Å². The highest BCUT2D eigenvalue weighted by molar-refractivity contribution is 5.89. The van der Waals surface area contributed by atoms with Crippen LogP contribution in [0.15, 0.2) is 24.3 Å². The molecule has 0 spiro atoms. The Balaban J connectivity index is 1.49. The van der Waals surface area contributed by atoms with E-state index in [0.29, 0.717) is 32.2 Å². The van der Waals surface area contributed by atoms with E-state index in [1.807, 2.05) is 36.9 Å². The Hall–Kier alpha value is -1.88. The maximum absolute atomic E-state index is 12.5. The van der Waals surface area contributed by atoms with Crippen molar-refractivity contribution >= 4 is 11.8 Å². The van der Waals surface area contributed by atoms with E-state index in [1.54, 1.807) is 0 Å². The fourth-order valence-corrected chi connectivity index (χ4v) is 3.90. The van der Waals surface area contributed by atoms with Crippen LogP contribution < -0.4 is 5.32 Å². The van der Waals surface area contributed by atoms with Gasteiger partial charge in [-0.05, 0) is 37.8 Å². The fourth-order valence-electron chi connectivity index (χ4n) is 3.90. The Bertz CT molecular complexity index is 638. The van der Waals surface area contributed by atoms with Crippen LogP contribution in [0.1, 0.15) is 57.1 Å². The summed E-state index contributed by atoms with van der Waals surface area (Å²) in [5, 5.41) is 3.01. The van der Waals surface area contributed by atoms with Gasteiger partial charge in [0.1, 0.15) is 0 Å². The molecule has 26 heavy (non-hydrogen) atoms. The van der Waals surface area contributed by atoms with Gasteiger partial charge >= 0.3 is 0 Å². The molecular weight excluding hydrogens is 328 g/mol. The van der Waals surface area contributed by atoms with Gasteiger partial charge in [-0.2, -0.15) is 0 Å². The fraction of sp³-hybridized carbons (Fsp3) is 0.619. The molecule has 142 valence electrons. The second kappa shape index (κ2) is 8.67. The summed E-state index contributed by atoms with van der Waals surface area (Å²) in [6, 6.07) is 8.44. The quantitative estimate of drug-likeness (QED) is 0.815. The van der Waals surface area contributed by atoms with Crippen molar-refractivity contribution in [3.63, 3.8) is 0 Å². The Kier molecular flexibility index (Phi) is 6.30. The third-order valence-electron chi connectivity index (χ3n) is 5.34. The van der Waals surface area contributed by atoms with Gasteiger partial charge in [-0.1, -0.05) is 37.1 Å².